The lowest BCUT2D eigenvalue weighted by molar-refractivity contribution is 0.979. The van der Waals surface area contributed by atoms with Crippen molar-refractivity contribution in [1.29, 1.82) is 0 Å². The molecule has 0 aliphatic carbocycles. The maximum Gasteiger partial charge on any atom is 0.268 e. The minimum absolute atomic E-state index is 0.0171. The van der Waals surface area contributed by atoms with Gasteiger partial charge in [-0.3, -0.25) is 14.3 Å². The number of rotatable bonds is 2. The number of para-hydroxylation sites is 1. The lowest BCUT2D eigenvalue weighted by Crippen LogP contribution is -2.20. The van der Waals surface area contributed by atoms with Crippen LogP contribution >= 0.6 is 22.6 Å². The Balaban J connectivity index is 2.22. The number of halogens is 1. The number of aromatic nitrogens is 2. The summed E-state index contributed by atoms with van der Waals surface area (Å²) in [5, 5.41) is 0. The molecule has 0 saturated carbocycles. The molecule has 0 unspecified atom stereocenters. The SMILES string of the molecule is O=c1c(I)cc(-c2ccccn2)cn1-c1ccccc1. The summed E-state index contributed by atoms with van der Waals surface area (Å²) < 4.78 is 2.33. The van der Waals surface area contributed by atoms with Gasteiger partial charge in [-0.25, -0.2) is 0 Å². The van der Waals surface area contributed by atoms with Crippen molar-refractivity contribution in [2.75, 3.05) is 0 Å². The Hall–Kier alpha value is -1.95. The first-order chi connectivity index (χ1) is 9.75. The van der Waals surface area contributed by atoms with Crippen LogP contribution in [0.25, 0.3) is 16.9 Å². The molecule has 1 aromatic carbocycles. The van der Waals surface area contributed by atoms with E-state index < -0.39 is 0 Å². The Labute approximate surface area is 130 Å². The highest BCUT2D eigenvalue weighted by atomic mass is 127. The number of pyridine rings is 2. The van der Waals surface area contributed by atoms with Crippen LogP contribution in [0.3, 0.4) is 0 Å². The Morgan fingerprint density at radius 1 is 1.00 bits per heavy atom. The Morgan fingerprint density at radius 3 is 2.45 bits per heavy atom. The largest absolute Gasteiger partial charge is 0.283 e. The zero-order valence-electron chi connectivity index (χ0n) is 10.5. The van der Waals surface area contributed by atoms with Crippen molar-refractivity contribution >= 4 is 22.6 Å². The van der Waals surface area contributed by atoms with Crippen molar-refractivity contribution in [2.24, 2.45) is 0 Å². The van der Waals surface area contributed by atoms with Crippen molar-refractivity contribution in [3.63, 3.8) is 0 Å². The van der Waals surface area contributed by atoms with E-state index >= 15 is 0 Å². The van der Waals surface area contributed by atoms with Crippen molar-refractivity contribution < 1.29 is 0 Å². The minimum Gasteiger partial charge on any atom is -0.283 e. The zero-order chi connectivity index (χ0) is 13.9. The number of hydrogen-bond donors (Lipinski definition) is 0. The molecule has 98 valence electrons. The van der Waals surface area contributed by atoms with Crippen LogP contribution in [-0.4, -0.2) is 9.55 Å². The van der Waals surface area contributed by atoms with Gasteiger partial charge in [-0.05, 0) is 52.9 Å². The molecule has 2 aromatic heterocycles. The van der Waals surface area contributed by atoms with Gasteiger partial charge in [0.15, 0.2) is 0 Å². The van der Waals surface area contributed by atoms with Crippen molar-refractivity contribution in [3.8, 4) is 16.9 Å². The van der Waals surface area contributed by atoms with Gasteiger partial charge in [-0.15, -0.1) is 0 Å². The number of nitrogens with zero attached hydrogens (tertiary/aromatic N) is 2. The molecule has 3 rings (SSSR count). The summed E-state index contributed by atoms with van der Waals surface area (Å²) >= 11 is 2.07. The zero-order valence-corrected chi connectivity index (χ0v) is 12.7. The molecular formula is C16H11IN2O. The van der Waals surface area contributed by atoms with Gasteiger partial charge in [-0.2, -0.15) is 0 Å². The molecule has 0 aliphatic heterocycles. The van der Waals surface area contributed by atoms with E-state index in [1.165, 1.54) is 0 Å². The fraction of sp³-hybridized carbons (Fsp3) is 0. The van der Waals surface area contributed by atoms with Gasteiger partial charge in [-0.1, -0.05) is 24.3 Å². The molecular weight excluding hydrogens is 363 g/mol. The van der Waals surface area contributed by atoms with E-state index in [0.29, 0.717) is 3.57 Å². The molecule has 0 saturated heterocycles. The van der Waals surface area contributed by atoms with Gasteiger partial charge in [0.25, 0.3) is 5.56 Å². The van der Waals surface area contributed by atoms with E-state index in [-0.39, 0.29) is 5.56 Å². The molecule has 0 radical (unpaired) electrons. The summed E-state index contributed by atoms with van der Waals surface area (Å²) in [6.07, 6.45) is 3.59. The van der Waals surface area contributed by atoms with Gasteiger partial charge in [0.2, 0.25) is 0 Å². The van der Waals surface area contributed by atoms with E-state index in [1.807, 2.05) is 60.8 Å². The predicted molar refractivity (Wildman–Crippen MR) is 88.0 cm³/mol. The molecule has 3 aromatic rings. The first kappa shape index (κ1) is 13.1. The van der Waals surface area contributed by atoms with Gasteiger partial charge in [0.05, 0.1) is 9.26 Å². The van der Waals surface area contributed by atoms with Gasteiger partial charge < -0.3 is 0 Å². The molecule has 0 aliphatic rings. The quantitative estimate of drug-likeness (QED) is 0.644. The van der Waals surface area contributed by atoms with Crippen molar-refractivity contribution in [1.82, 2.24) is 9.55 Å². The lowest BCUT2D eigenvalue weighted by Gasteiger charge is -2.09. The summed E-state index contributed by atoms with van der Waals surface area (Å²) in [6.45, 7) is 0. The molecule has 0 fully saturated rings. The maximum atomic E-state index is 12.3. The smallest absolute Gasteiger partial charge is 0.268 e. The minimum atomic E-state index is -0.0171. The summed E-state index contributed by atoms with van der Waals surface area (Å²) in [4.78, 5) is 16.6. The van der Waals surface area contributed by atoms with Crippen molar-refractivity contribution in [2.45, 2.75) is 0 Å². The summed E-state index contributed by atoms with van der Waals surface area (Å²) in [5.74, 6) is 0. The van der Waals surface area contributed by atoms with E-state index in [0.717, 1.165) is 16.9 Å². The van der Waals surface area contributed by atoms with E-state index in [2.05, 4.69) is 27.6 Å². The first-order valence-corrected chi connectivity index (χ1v) is 7.22. The average molecular weight is 374 g/mol. The second-order valence-corrected chi connectivity index (χ2v) is 5.46. The number of hydrogen-bond acceptors (Lipinski definition) is 2. The van der Waals surface area contributed by atoms with E-state index in [4.69, 9.17) is 0 Å². The van der Waals surface area contributed by atoms with Crippen LogP contribution in [0.5, 0.6) is 0 Å². The Morgan fingerprint density at radius 2 is 1.75 bits per heavy atom. The third-order valence-electron chi connectivity index (χ3n) is 2.97. The van der Waals surface area contributed by atoms with Crippen LogP contribution in [0.2, 0.25) is 0 Å². The van der Waals surface area contributed by atoms with Gasteiger partial charge in [0.1, 0.15) is 0 Å². The fourth-order valence-corrected chi connectivity index (χ4v) is 2.60. The van der Waals surface area contributed by atoms with Crippen molar-refractivity contribution in [3.05, 3.63) is 80.9 Å². The van der Waals surface area contributed by atoms with Crippen LogP contribution in [0.4, 0.5) is 0 Å². The standard InChI is InChI=1S/C16H11IN2O/c17-14-10-12(15-8-4-5-9-18-15)11-19(16(14)20)13-6-2-1-3-7-13/h1-11H. The molecule has 0 N–H and O–H groups in total. The third kappa shape index (κ3) is 2.51. The highest BCUT2D eigenvalue weighted by Gasteiger charge is 2.08. The lowest BCUT2D eigenvalue weighted by atomic mass is 10.2. The first-order valence-electron chi connectivity index (χ1n) is 6.15. The summed E-state index contributed by atoms with van der Waals surface area (Å²) in [6, 6.07) is 17.2. The monoisotopic (exact) mass is 374 g/mol. The van der Waals surface area contributed by atoms with E-state index in [9.17, 15) is 4.79 Å². The Bertz CT molecular complexity index is 783. The number of benzene rings is 1. The molecule has 3 nitrogen and oxygen atoms in total. The Kier molecular flexibility index (Phi) is 3.64. The second kappa shape index (κ2) is 5.58. The molecule has 0 spiro atoms. The maximum absolute atomic E-state index is 12.3. The fourth-order valence-electron chi connectivity index (χ4n) is 2.00. The van der Waals surface area contributed by atoms with Crippen LogP contribution in [-0.2, 0) is 0 Å². The van der Waals surface area contributed by atoms with Gasteiger partial charge in [0, 0.05) is 23.6 Å². The second-order valence-electron chi connectivity index (χ2n) is 4.30. The van der Waals surface area contributed by atoms with Crippen LogP contribution in [0, 0.1) is 3.57 Å². The van der Waals surface area contributed by atoms with E-state index in [1.54, 1.807) is 10.8 Å². The molecule has 4 heteroatoms. The molecule has 20 heavy (non-hydrogen) atoms. The van der Waals surface area contributed by atoms with Crippen LogP contribution in [0.15, 0.2) is 71.8 Å². The molecule has 0 bridgehead atoms. The summed E-state index contributed by atoms with van der Waals surface area (Å²) in [5.41, 5.74) is 2.62. The normalized spacial score (nSPS) is 10.4. The third-order valence-corrected chi connectivity index (χ3v) is 3.74. The predicted octanol–water partition coefficient (Wildman–Crippen LogP) is 3.50. The molecule has 0 atom stereocenters. The molecule has 0 amide bonds. The van der Waals surface area contributed by atoms with Crippen LogP contribution in [0.1, 0.15) is 0 Å². The molecule has 2 heterocycles. The average Bonchev–Trinajstić information content (AvgIpc) is 2.51. The highest BCUT2D eigenvalue weighted by Crippen LogP contribution is 2.18. The van der Waals surface area contributed by atoms with Gasteiger partial charge >= 0.3 is 0 Å². The summed E-state index contributed by atoms with van der Waals surface area (Å²) in [7, 11) is 0. The topological polar surface area (TPSA) is 34.9 Å². The highest BCUT2D eigenvalue weighted by molar-refractivity contribution is 14.1. The van der Waals surface area contributed by atoms with Crippen LogP contribution < -0.4 is 5.56 Å².